The van der Waals surface area contributed by atoms with Crippen LogP contribution in [-0.4, -0.2) is 5.78 Å². The lowest BCUT2D eigenvalue weighted by molar-refractivity contribution is 0.103. The Kier molecular flexibility index (Phi) is 6.57. The van der Waals surface area contributed by atoms with Gasteiger partial charge in [-0.3, -0.25) is 4.79 Å². The standard InChI is InChI=1S/C33H34O/c1-20-8-11-27(14-23(20)4)32-16-25(6)26(7)31(19-32)18-30-17-29(13-10-22(30)3)33(34)28-12-9-21(2)24(5)15-28/h8-17,19H,18H2,1-7H3. The number of carbonyl (C=O) groups excluding carboxylic acids is 1. The van der Waals surface area contributed by atoms with Gasteiger partial charge >= 0.3 is 0 Å². The molecule has 0 saturated carbocycles. The molecule has 0 bridgehead atoms. The van der Waals surface area contributed by atoms with Crippen molar-refractivity contribution in [2.24, 2.45) is 0 Å². The van der Waals surface area contributed by atoms with Gasteiger partial charge in [-0.05, 0) is 128 Å². The lowest BCUT2D eigenvalue weighted by Gasteiger charge is -2.15. The van der Waals surface area contributed by atoms with Crippen LogP contribution in [0.1, 0.15) is 66.0 Å². The predicted octanol–water partition coefficient (Wildman–Crippen LogP) is 8.33. The molecule has 0 unspecified atom stereocenters. The Hall–Kier alpha value is -3.45. The first-order chi connectivity index (χ1) is 16.1. The van der Waals surface area contributed by atoms with Crippen LogP contribution in [0.25, 0.3) is 11.1 Å². The Bertz CT molecular complexity index is 1400. The molecule has 4 aromatic carbocycles. The van der Waals surface area contributed by atoms with Gasteiger partial charge in [0.05, 0.1) is 0 Å². The molecule has 0 aliphatic heterocycles. The minimum Gasteiger partial charge on any atom is -0.289 e. The molecule has 4 rings (SSSR count). The first-order valence-corrected chi connectivity index (χ1v) is 12.0. The number of benzene rings is 4. The van der Waals surface area contributed by atoms with Crippen molar-refractivity contribution in [2.75, 3.05) is 0 Å². The first kappa shape index (κ1) is 23.7. The van der Waals surface area contributed by atoms with Gasteiger partial charge in [-0.15, -0.1) is 0 Å². The second-order valence-corrected chi connectivity index (χ2v) is 9.82. The largest absolute Gasteiger partial charge is 0.289 e. The number of carbonyl (C=O) groups is 1. The SMILES string of the molecule is Cc1ccc(C(=O)c2ccc(C)c(Cc3cc(-c4ccc(C)c(C)c4)cc(C)c3C)c2)cc1C. The molecular formula is C33H34O. The van der Waals surface area contributed by atoms with Crippen LogP contribution in [0.15, 0.2) is 66.7 Å². The highest BCUT2D eigenvalue weighted by atomic mass is 16.1. The molecule has 0 heterocycles. The Balaban J connectivity index is 1.71. The normalized spacial score (nSPS) is 11.0. The maximum Gasteiger partial charge on any atom is 0.193 e. The van der Waals surface area contributed by atoms with Crippen LogP contribution in [-0.2, 0) is 6.42 Å². The molecule has 0 aliphatic rings. The summed E-state index contributed by atoms with van der Waals surface area (Å²) in [7, 11) is 0. The van der Waals surface area contributed by atoms with Gasteiger partial charge in [-0.1, -0.05) is 54.6 Å². The van der Waals surface area contributed by atoms with Crippen molar-refractivity contribution in [1.82, 2.24) is 0 Å². The van der Waals surface area contributed by atoms with Crippen LogP contribution >= 0.6 is 0 Å². The van der Waals surface area contributed by atoms with Crippen LogP contribution in [0.3, 0.4) is 0 Å². The first-order valence-electron chi connectivity index (χ1n) is 12.0. The van der Waals surface area contributed by atoms with Crippen molar-refractivity contribution in [3.8, 4) is 11.1 Å². The van der Waals surface area contributed by atoms with Gasteiger partial charge in [0.15, 0.2) is 5.78 Å². The third-order valence-electron chi connectivity index (χ3n) is 7.38. The third-order valence-corrected chi connectivity index (χ3v) is 7.38. The summed E-state index contributed by atoms with van der Waals surface area (Å²) in [5.41, 5.74) is 15.3. The van der Waals surface area contributed by atoms with Crippen molar-refractivity contribution in [3.05, 3.63) is 128 Å². The van der Waals surface area contributed by atoms with Crippen molar-refractivity contribution in [2.45, 2.75) is 54.9 Å². The maximum absolute atomic E-state index is 13.2. The van der Waals surface area contributed by atoms with E-state index in [4.69, 9.17) is 0 Å². The monoisotopic (exact) mass is 446 g/mol. The summed E-state index contributed by atoms with van der Waals surface area (Å²) < 4.78 is 0. The van der Waals surface area contributed by atoms with E-state index in [0.717, 1.165) is 23.1 Å². The van der Waals surface area contributed by atoms with Crippen LogP contribution in [0, 0.1) is 48.5 Å². The molecule has 34 heavy (non-hydrogen) atoms. The molecule has 0 aliphatic carbocycles. The van der Waals surface area contributed by atoms with Gasteiger partial charge in [0, 0.05) is 11.1 Å². The van der Waals surface area contributed by atoms with Crippen molar-refractivity contribution in [1.29, 1.82) is 0 Å². The fourth-order valence-corrected chi connectivity index (χ4v) is 4.46. The molecule has 0 fully saturated rings. The van der Waals surface area contributed by atoms with Gasteiger partial charge in [-0.25, -0.2) is 0 Å². The lowest BCUT2D eigenvalue weighted by Crippen LogP contribution is -2.05. The fraction of sp³-hybridized carbons (Fsp3) is 0.242. The van der Waals surface area contributed by atoms with Crippen molar-refractivity contribution >= 4 is 5.78 Å². The van der Waals surface area contributed by atoms with Gasteiger partial charge < -0.3 is 0 Å². The molecule has 0 atom stereocenters. The molecule has 172 valence electrons. The molecular weight excluding hydrogens is 412 g/mol. The smallest absolute Gasteiger partial charge is 0.193 e. The average molecular weight is 447 g/mol. The van der Waals surface area contributed by atoms with E-state index in [1.54, 1.807) is 0 Å². The highest BCUT2D eigenvalue weighted by Crippen LogP contribution is 2.29. The summed E-state index contributed by atoms with van der Waals surface area (Å²) >= 11 is 0. The summed E-state index contributed by atoms with van der Waals surface area (Å²) in [5.74, 6) is 0.0844. The summed E-state index contributed by atoms with van der Waals surface area (Å²) in [5, 5.41) is 0. The summed E-state index contributed by atoms with van der Waals surface area (Å²) in [4.78, 5) is 13.2. The predicted molar refractivity (Wildman–Crippen MR) is 144 cm³/mol. The highest BCUT2D eigenvalue weighted by Gasteiger charge is 2.14. The van der Waals surface area contributed by atoms with Crippen LogP contribution in [0.5, 0.6) is 0 Å². The lowest BCUT2D eigenvalue weighted by atomic mass is 9.89. The Labute approximate surface area is 204 Å². The van der Waals surface area contributed by atoms with Crippen LogP contribution in [0.2, 0.25) is 0 Å². The summed E-state index contributed by atoms with van der Waals surface area (Å²) in [6, 6.07) is 23.4. The van der Waals surface area contributed by atoms with E-state index >= 15 is 0 Å². The highest BCUT2D eigenvalue weighted by molar-refractivity contribution is 6.09. The molecule has 0 N–H and O–H groups in total. The van der Waals surface area contributed by atoms with E-state index in [-0.39, 0.29) is 5.78 Å². The second-order valence-electron chi connectivity index (χ2n) is 9.82. The Morgan fingerprint density at radius 3 is 1.71 bits per heavy atom. The van der Waals surface area contributed by atoms with Gasteiger partial charge in [0.2, 0.25) is 0 Å². The number of hydrogen-bond acceptors (Lipinski definition) is 1. The van der Waals surface area contributed by atoms with E-state index < -0.39 is 0 Å². The van der Waals surface area contributed by atoms with Crippen LogP contribution in [0.4, 0.5) is 0 Å². The molecule has 0 amide bonds. The average Bonchev–Trinajstić information content (AvgIpc) is 2.81. The minimum absolute atomic E-state index is 0.0844. The van der Waals surface area contributed by atoms with E-state index in [1.807, 2.05) is 24.3 Å². The van der Waals surface area contributed by atoms with E-state index in [1.165, 1.54) is 55.6 Å². The third kappa shape index (κ3) is 4.75. The maximum atomic E-state index is 13.2. The number of rotatable bonds is 5. The van der Waals surface area contributed by atoms with E-state index in [2.05, 4.69) is 90.9 Å². The quantitative estimate of drug-likeness (QED) is 0.282. The molecule has 1 nitrogen and oxygen atoms in total. The summed E-state index contributed by atoms with van der Waals surface area (Å²) in [6.45, 7) is 15.0. The number of ketones is 1. The second kappa shape index (κ2) is 9.43. The van der Waals surface area contributed by atoms with Crippen molar-refractivity contribution in [3.63, 3.8) is 0 Å². The van der Waals surface area contributed by atoms with Gasteiger partial charge in [0.1, 0.15) is 0 Å². The molecule has 0 aromatic heterocycles. The Morgan fingerprint density at radius 1 is 0.500 bits per heavy atom. The Morgan fingerprint density at radius 2 is 1.06 bits per heavy atom. The molecule has 4 aromatic rings. The zero-order valence-corrected chi connectivity index (χ0v) is 21.5. The number of aryl methyl sites for hydroxylation is 6. The molecule has 0 radical (unpaired) electrons. The van der Waals surface area contributed by atoms with E-state index in [0.29, 0.717) is 0 Å². The zero-order chi connectivity index (χ0) is 24.6. The molecule has 1 heteroatoms. The topological polar surface area (TPSA) is 17.1 Å². The molecule has 0 saturated heterocycles. The van der Waals surface area contributed by atoms with Crippen LogP contribution < -0.4 is 0 Å². The molecule has 0 spiro atoms. The van der Waals surface area contributed by atoms with E-state index in [9.17, 15) is 4.79 Å². The van der Waals surface area contributed by atoms with Gasteiger partial charge in [-0.2, -0.15) is 0 Å². The zero-order valence-electron chi connectivity index (χ0n) is 21.5. The minimum atomic E-state index is 0.0844. The fourth-order valence-electron chi connectivity index (χ4n) is 4.46. The number of hydrogen-bond donors (Lipinski definition) is 0. The summed E-state index contributed by atoms with van der Waals surface area (Å²) in [6.07, 6.45) is 0.811. The van der Waals surface area contributed by atoms with Gasteiger partial charge in [0.25, 0.3) is 0 Å². The van der Waals surface area contributed by atoms with Crippen molar-refractivity contribution < 1.29 is 4.79 Å².